The van der Waals surface area contributed by atoms with Crippen LogP contribution in [0.3, 0.4) is 0 Å². The van der Waals surface area contributed by atoms with Crippen LogP contribution in [0.2, 0.25) is 0 Å². The monoisotopic (exact) mass is 280 g/mol. The molecular weight excluding hydrogens is 248 g/mol. The van der Waals surface area contributed by atoms with Crippen LogP contribution in [0.5, 0.6) is 0 Å². The van der Waals surface area contributed by atoms with Crippen molar-refractivity contribution in [3.63, 3.8) is 0 Å². The van der Waals surface area contributed by atoms with Crippen molar-refractivity contribution in [1.82, 2.24) is 9.80 Å². The first kappa shape index (κ1) is 15.8. The zero-order valence-corrected chi connectivity index (χ0v) is 13.4. The van der Waals surface area contributed by atoms with Crippen LogP contribution >= 0.6 is 0 Å². The van der Waals surface area contributed by atoms with Gasteiger partial charge in [0.1, 0.15) is 0 Å². The lowest BCUT2D eigenvalue weighted by atomic mass is 9.98. The Bertz CT molecular complexity index is 305. The van der Waals surface area contributed by atoms with Gasteiger partial charge in [0, 0.05) is 31.6 Å². The number of piperidine rings is 2. The predicted octanol–water partition coefficient (Wildman–Crippen LogP) is 3.43. The molecular formula is C17H32N2O. The number of nitrogens with zero attached hydrogens (tertiary/aromatic N) is 2. The lowest BCUT2D eigenvalue weighted by Gasteiger charge is -2.38. The molecule has 0 saturated carbocycles. The van der Waals surface area contributed by atoms with E-state index in [-0.39, 0.29) is 0 Å². The number of hydrogen-bond donors (Lipinski definition) is 0. The Morgan fingerprint density at radius 2 is 1.60 bits per heavy atom. The van der Waals surface area contributed by atoms with Gasteiger partial charge in [0.15, 0.2) is 0 Å². The minimum atomic E-state index is 0.400. The molecule has 2 aliphatic heterocycles. The first-order valence-electron chi connectivity index (χ1n) is 8.79. The first-order chi connectivity index (χ1) is 9.76. The Morgan fingerprint density at radius 1 is 0.950 bits per heavy atom. The third-order valence-corrected chi connectivity index (χ3v) is 5.25. The summed E-state index contributed by atoms with van der Waals surface area (Å²) in [6, 6.07) is 1.24. The van der Waals surface area contributed by atoms with E-state index in [4.69, 9.17) is 0 Å². The molecule has 2 unspecified atom stereocenters. The van der Waals surface area contributed by atoms with Crippen molar-refractivity contribution in [2.45, 2.75) is 83.7 Å². The van der Waals surface area contributed by atoms with Crippen LogP contribution in [0, 0.1) is 0 Å². The minimum Gasteiger partial charge on any atom is -0.340 e. The molecule has 0 N–H and O–H groups in total. The molecule has 2 atom stereocenters. The number of rotatable bonds is 5. The summed E-state index contributed by atoms with van der Waals surface area (Å²) in [7, 11) is 0. The quantitative estimate of drug-likeness (QED) is 0.770. The van der Waals surface area contributed by atoms with Gasteiger partial charge in [-0.1, -0.05) is 20.3 Å². The van der Waals surface area contributed by atoms with Crippen LogP contribution in [0.4, 0.5) is 0 Å². The van der Waals surface area contributed by atoms with E-state index in [1.54, 1.807) is 0 Å². The maximum absolute atomic E-state index is 12.5. The Hall–Kier alpha value is -0.570. The molecule has 2 heterocycles. The van der Waals surface area contributed by atoms with Crippen molar-refractivity contribution in [2.24, 2.45) is 0 Å². The molecule has 0 spiro atoms. The van der Waals surface area contributed by atoms with Gasteiger partial charge in [-0.3, -0.25) is 9.69 Å². The highest BCUT2D eigenvalue weighted by atomic mass is 16.2. The topological polar surface area (TPSA) is 23.6 Å². The van der Waals surface area contributed by atoms with E-state index in [1.165, 1.54) is 51.5 Å². The van der Waals surface area contributed by atoms with Gasteiger partial charge in [-0.25, -0.2) is 0 Å². The normalized spacial score (nSPS) is 28.6. The van der Waals surface area contributed by atoms with Crippen molar-refractivity contribution in [3.8, 4) is 0 Å². The molecule has 2 fully saturated rings. The summed E-state index contributed by atoms with van der Waals surface area (Å²) in [6.45, 7) is 7.67. The van der Waals surface area contributed by atoms with Crippen molar-refractivity contribution < 1.29 is 4.79 Å². The smallest absolute Gasteiger partial charge is 0.224 e. The van der Waals surface area contributed by atoms with Crippen LogP contribution in [0.25, 0.3) is 0 Å². The second-order valence-corrected chi connectivity index (χ2v) is 6.49. The molecule has 0 aromatic carbocycles. The molecule has 1 amide bonds. The van der Waals surface area contributed by atoms with Gasteiger partial charge >= 0.3 is 0 Å². The molecule has 3 nitrogen and oxygen atoms in total. The zero-order chi connectivity index (χ0) is 14.4. The van der Waals surface area contributed by atoms with Crippen molar-refractivity contribution in [1.29, 1.82) is 0 Å². The first-order valence-corrected chi connectivity index (χ1v) is 8.79. The van der Waals surface area contributed by atoms with E-state index in [2.05, 4.69) is 23.6 Å². The average molecular weight is 280 g/mol. The SMILES string of the molecule is CCC1CCCCN1CCC(=O)N1CCCCC1CC. The summed E-state index contributed by atoms with van der Waals surface area (Å²) in [5.74, 6) is 0.400. The third kappa shape index (κ3) is 3.97. The second kappa shape index (κ2) is 8.02. The standard InChI is InChI=1S/C17H32N2O/c1-3-15-9-5-7-12-18(15)14-11-17(20)19-13-8-6-10-16(19)4-2/h15-16H,3-14H2,1-2H3. The van der Waals surface area contributed by atoms with E-state index in [0.717, 1.165) is 32.0 Å². The zero-order valence-electron chi connectivity index (χ0n) is 13.4. The van der Waals surface area contributed by atoms with Gasteiger partial charge < -0.3 is 4.90 Å². The van der Waals surface area contributed by atoms with Crippen LogP contribution in [-0.4, -0.2) is 47.4 Å². The highest BCUT2D eigenvalue weighted by Crippen LogP contribution is 2.22. The summed E-state index contributed by atoms with van der Waals surface area (Å²) >= 11 is 0. The molecule has 0 bridgehead atoms. The van der Waals surface area contributed by atoms with E-state index >= 15 is 0 Å². The Kier molecular flexibility index (Phi) is 6.34. The molecule has 0 aliphatic carbocycles. The maximum atomic E-state index is 12.5. The van der Waals surface area contributed by atoms with Crippen LogP contribution in [0.1, 0.15) is 71.6 Å². The van der Waals surface area contributed by atoms with Gasteiger partial charge in [-0.2, -0.15) is 0 Å². The van der Waals surface area contributed by atoms with Crippen molar-refractivity contribution in [2.75, 3.05) is 19.6 Å². The Labute approximate surface area is 124 Å². The summed E-state index contributed by atoms with van der Waals surface area (Å²) < 4.78 is 0. The fourth-order valence-corrected chi connectivity index (χ4v) is 3.95. The summed E-state index contributed by atoms with van der Waals surface area (Å²) in [5, 5.41) is 0. The summed E-state index contributed by atoms with van der Waals surface area (Å²) in [5.41, 5.74) is 0. The fraction of sp³-hybridized carbons (Fsp3) is 0.941. The molecule has 2 rings (SSSR count). The fourth-order valence-electron chi connectivity index (χ4n) is 3.95. The molecule has 2 saturated heterocycles. The summed E-state index contributed by atoms with van der Waals surface area (Å²) in [6.07, 6.45) is 10.8. The highest BCUT2D eigenvalue weighted by molar-refractivity contribution is 5.76. The van der Waals surface area contributed by atoms with Crippen LogP contribution in [0.15, 0.2) is 0 Å². The van der Waals surface area contributed by atoms with Gasteiger partial charge in [0.05, 0.1) is 0 Å². The highest BCUT2D eigenvalue weighted by Gasteiger charge is 2.26. The van der Waals surface area contributed by atoms with E-state index in [0.29, 0.717) is 11.9 Å². The Balaban J connectivity index is 1.81. The molecule has 20 heavy (non-hydrogen) atoms. The van der Waals surface area contributed by atoms with Gasteiger partial charge in [0.2, 0.25) is 5.91 Å². The van der Waals surface area contributed by atoms with E-state index in [9.17, 15) is 4.79 Å². The number of hydrogen-bond acceptors (Lipinski definition) is 2. The number of carbonyl (C=O) groups is 1. The number of carbonyl (C=O) groups excluding carboxylic acids is 1. The molecule has 0 aromatic heterocycles. The second-order valence-electron chi connectivity index (χ2n) is 6.49. The number of amides is 1. The molecule has 116 valence electrons. The molecule has 0 aromatic rings. The van der Waals surface area contributed by atoms with E-state index < -0.39 is 0 Å². The van der Waals surface area contributed by atoms with Gasteiger partial charge in [-0.05, 0) is 51.5 Å². The molecule has 0 radical (unpaired) electrons. The predicted molar refractivity (Wildman–Crippen MR) is 83.8 cm³/mol. The number of likely N-dealkylation sites (tertiary alicyclic amines) is 2. The lowest BCUT2D eigenvalue weighted by molar-refractivity contribution is -0.135. The molecule has 3 heteroatoms. The summed E-state index contributed by atoms with van der Waals surface area (Å²) in [4.78, 5) is 17.2. The van der Waals surface area contributed by atoms with Gasteiger partial charge in [0.25, 0.3) is 0 Å². The third-order valence-electron chi connectivity index (χ3n) is 5.25. The van der Waals surface area contributed by atoms with Crippen molar-refractivity contribution in [3.05, 3.63) is 0 Å². The van der Waals surface area contributed by atoms with Crippen molar-refractivity contribution >= 4 is 5.91 Å². The minimum absolute atomic E-state index is 0.400. The van der Waals surface area contributed by atoms with Crippen LogP contribution in [-0.2, 0) is 4.79 Å². The largest absolute Gasteiger partial charge is 0.340 e. The van der Waals surface area contributed by atoms with E-state index in [1.807, 2.05) is 0 Å². The lowest BCUT2D eigenvalue weighted by Crippen LogP contribution is -2.46. The Morgan fingerprint density at radius 3 is 2.30 bits per heavy atom. The van der Waals surface area contributed by atoms with Gasteiger partial charge in [-0.15, -0.1) is 0 Å². The maximum Gasteiger partial charge on any atom is 0.224 e. The average Bonchev–Trinajstić information content (AvgIpc) is 2.52. The van der Waals surface area contributed by atoms with Crippen LogP contribution < -0.4 is 0 Å². The molecule has 2 aliphatic rings.